The Hall–Kier alpha value is -1.41. The Balaban J connectivity index is 1.56. The molecule has 0 bridgehead atoms. The zero-order chi connectivity index (χ0) is 17.4. The molecule has 3 aliphatic rings. The summed E-state index contributed by atoms with van der Waals surface area (Å²) in [5, 5.41) is 7.54. The minimum atomic E-state index is -2.98. The number of fused-ring (bicyclic) bond motifs is 1. The molecule has 0 spiro atoms. The van der Waals surface area contributed by atoms with Crippen LogP contribution in [-0.4, -0.2) is 54.9 Å². The van der Waals surface area contributed by atoms with E-state index in [1.807, 2.05) is 4.68 Å². The van der Waals surface area contributed by atoms with Gasteiger partial charge in [0.15, 0.2) is 15.5 Å². The summed E-state index contributed by atoms with van der Waals surface area (Å²) in [6.45, 7) is 1.28. The second-order valence-corrected chi connectivity index (χ2v) is 9.56. The second-order valence-electron chi connectivity index (χ2n) is 7.33. The van der Waals surface area contributed by atoms with Crippen molar-refractivity contribution >= 4 is 15.7 Å². The van der Waals surface area contributed by atoms with Crippen molar-refractivity contribution in [2.45, 2.75) is 57.1 Å². The molecule has 25 heavy (non-hydrogen) atoms. The third kappa shape index (κ3) is 3.46. The van der Waals surface area contributed by atoms with E-state index in [4.69, 9.17) is 4.74 Å². The predicted molar refractivity (Wildman–Crippen MR) is 92.5 cm³/mol. The molecule has 0 saturated carbocycles. The highest BCUT2D eigenvalue weighted by molar-refractivity contribution is 7.91. The van der Waals surface area contributed by atoms with Crippen LogP contribution < -0.4 is 5.32 Å². The number of rotatable bonds is 4. The molecule has 1 aromatic heterocycles. The maximum Gasteiger partial charge on any atom is 0.272 e. The van der Waals surface area contributed by atoms with Gasteiger partial charge in [-0.25, -0.2) is 8.42 Å². The Bertz CT molecular complexity index is 765. The molecule has 0 unspecified atom stereocenters. The van der Waals surface area contributed by atoms with Crippen molar-refractivity contribution < 1.29 is 17.9 Å². The summed E-state index contributed by atoms with van der Waals surface area (Å²) >= 11 is 0. The topological polar surface area (TPSA) is 90.3 Å². The molecule has 138 valence electrons. The van der Waals surface area contributed by atoms with Gasteiger partial charge in [0.25, 0.3) is 5.91 Å². The van der Waals surface area contributed by atoms with Gasteiger partial charge >= 0.3 is 0 Å². The van der Waals surface area contributed by atoms with Gasteiger partial charge < -0.3 is 10.1 Å². The fourth-order valence-corrected chi connectivity index (χ4v) is 5.87. The molecule has 1 aliphatic carbocycles. The smallest absolute Gasteiger partial charge is 0.272 e. The average molecular weight is 367 g/mol. The molecule has 7 nitrogen and oxygen atoms in total. The largest absolute Gasteiger partial charge is 0.376 e. The normalized spacial score (nSPS) is 28.0. The molecule has 8 heteroatoms. The number of carbonyl (C=O) groups excluding carboxylic acids is 1. The Kier molecular flexibility index (Phi) is 4.58. The number of ether oxygens (including phenoxy) is 1. The summed E-state index contributed by atoms with van der Waals surface area (Å²) in [7, 11) is -2.98. The van der Waals surface area contributed by atoms with Gasteiger partial charge in [0, 0.05) is 24.4 Å². The zero-order valence-electron chi connectivity index (χ0n) is 14.4. The summed E-state index contributed by atoms with van der Waals surface area (Å²) in [6.07, 6.45) is 6.54. The number of hydrogen-bond donors (Lipinski definition) is 1. The van der Waals surface area contributed by atoms with E-state index in [0.29, 0.717) is 18.7 Å². The molecule has 2 saturated heterocycles. The summed E-state index contributed by atoms with van der Waals surface area (Å²) in [5.41, 5.74) is 2.56. The summed E-state index contributed by atoms with van der Waals surface area (Å²) in [4.78, 5) is 12.7. The first-order chi connectivity index (χ1) is 12.0. The molecule has 2 aliphatic heterocycles. The third-order valence-electron chi connectivity index (χ3n) is 5.49. The second kappa shape index (κ2) is 6.72. The molecule has 1 N–H and O–H groups in total. The lowest BCUT2D eigenvalue weighted by atomic mass is 9.95. The Labute approximate surface area is 148 Å². The van der Waals surface area contributed by atoms with E-state index in [-0.39, 0.29) is 29.6 Å². The average Bonchev–Trinajstić information content (AvgIpc) is 3.30. The summed E-state index contributed by atoms with van der Waals surface area (Å²) in [6, 6.07) is -0.128. The molecular weight excluding hydrogens is 342 g/mol. The van der Waals surface area contributed by atoms with Gasteiger partial charge in [-0.2, -0.15) is 5.10 Å². The van der Waals surface area contributed by atoms with Crippen LogP contribution in [0, 0.1) is 0 Å². The maximum absolute atomic E-state index is 12.7. The predicted octanol–water partition coefficient (Wildman–Crippen LogP) is 1.03. The van der Waals surface area contributed by atoms with E-state index in [0.717, 1.165) is 56.4 Å². The van der Waals surface area contributed by atoms with E-state index in [9.17, 15) is 13.2 Å². The van der Waals surface area contributed by atoms with E-state index in [2.05, 4.69) is 10.4 Å². The minimum absolute atomic E-state index is 0.0989. The van der Waals surface area contributed by atoms with Crippen molar-refractivity contribution in [3.05, 3.63) is 17.0 Å². The fourth-order valence-electron chi connectivity index (χ4n) is 4.17. The number of nitrogens with one attached hydrogen (secondary N) is 1. The van der Waals surface area contributed by atoms with Crippen LogP contribution in [0.3, 0.4) is 0 Å². The van der Waals surface area contributed by atoms with Gasteiger partial charge in [-0.15, -0.1) is 0 Å². The van der Waals surface area contributed by atoms with Crippen LogP contribution in [0.4, 0.5) is 0 Å². The first-order valence-electron chi connectivity index (χ1n) is 9.24. The highest BCUT2D eigenvalue weighted by Gasteiger charge is 2.34. The lowest BCUT2D eigenvalue weighted by Crippen LogP contribution is -2.32. The van der Waals surface area contributed by atoms with Gasteiger partial charge in [0.2, 0.25) is 0 Å². The first kappa shape index (κ1) is 17.0. The molecule has 2 atom stereocenters. The van der Waals surface area contributed by atoms with Crippen molar-refractivity contribution in [2.24, 2.45) is 0 Å². The molecule has 4 rings (SSSR count). The zero-order valence-corrected chi connectivity index (χ0v) is 15.2. The molecule has 1 aromatic rings. The van der Waals surface area contributed by atoms with Gasteiger partial charge in [-0.3, -0.25) is 9.48 Å². The lowest BCUT2D eigenvalue weighted by Gasteiger charge is -2.17. The van der Waals surface area contributed by atoms with E-state index in [1.165, 1.54) is 0 Å². The number of nitrogens with zero attached hydrogens (tertiary/aromatic N) is 2. The van der Waals surface area contributed by atoms with Gasteiger partial charge in [-0.1, -0.05) is 0 Å². The number of sulfone groups is 1. The maximum atomic E-state index is 12.7. The molecular formula is C17H25N3O4S. The number of amides is 1. The number of carbonyl (C=O) groups is 1. The SMILES string of the molecule is O=C(NC[C@H]1CCCO1)c1nn([C@@H]2CCS(=O)(=O)C2)c2c1CCCC2. The van der Waals surface area contributed by atoms with E-state index in [1.54, 1.807) is 0 Å². The molecule has 1 amide bonds. The molecule has 0 aromatic carbocycles. The fraction of sp³-hybridized carbons (Fsp3) is 0.765. The van der Waals surface area contributed by atoms with E-state index >= 15 is 0 Å². The van der Waals surface area contributed by atoms with Crippen LogP contribution in [0.25, 0.3) is 0 Å². The van der Waals surface area contributed by atoms with Crippen molar-refractivity contribution in [1.29, 1.82) is 0 Å². The molecule has 3 heterocycles. The van der Waals surface area contributed by atoms with Gasteiger partial charge in [0.1, 0.15) is 0 Å². The Morgan fingerprint density at radius 2 is 2.08 bits per heavy atom. The standard InChI is InChI=1S/C17H25N3O4S/c21-17(18-10-13-4-3-8-24-13)16-14-5-1-2-6-15(14)20(19-16)12-7-9-25(22,23)11-12/h12-13H,1-11H2,(H,18,21)/t12-,13-/m1/s1. The van der Waals surface area contributed by atoms with Crippen molar-refractivity contribution in [3.8, 4) is 0 Å². The van der Waals surface area contributed by atoms with Crippen molar-refractivity contribution in [2.75, 3.05) is 24.7 Å². The Morgan fingerprint density at radius 1 is 1.24 bits per heavy atom. The Morgan fingerprint density at radius 3 is 2.80 bits per heavy atom. The van der Waals surface area contributed by atoms with Gasteiger partial charge in [0.05, 0.1) is 23.7 Å². The number of hydrogen-bond acceptors (Lipinski definition) is 5. The highest BCUT2D eigenvalue weighted by Crippen LogP contribution is 2.31. The molecule has 2 fully saturated rings. The van der Waals surface area contributed by atoms with Crippen molar-refractivity contribution in [1.82, 2.24) is 15.1 Å². The van der Waals surface area contributed by atoms with Crippen molar-refractivity contribution in [3.63, 3.8) is 0 Å². The minimum Gasteiger partial charge on any atom is -0.376 e. The van der Waals surface area contributed by atoms with Crippen LogP contribution in [0.5, 0.6) is 0 Å². The quantitative estimate of drug-likeness (QED) is 0.858. The monoisotopic (exact) mass is 367 g/mol. The molecule has 0 radical (unpaired) electrons. The van der Waals surface area contributed by atoms with Crippen LogP contribution >= 0.6 is 0 Å². The number of aromatic nitrogens is 2. The third-order valence-corrected chi connectivity index (χ3v) is 7.24. The highest BCUT2D eigenvalue weighted by atomic mass is 32.2. The van der Waals surface area contributed by atoms with Crippen LogP contribution in [-0.2, 0) is 27.4 Å². The van der Waals surface area contributed by atoms with Gasteiger partial charge in [-0.05, 0) is 44.9 Å². The summed E-state index contributed by atoms with van der Waals surface area (Å²) < 4.78 is 31.1. The lowest BCUT2D eigenvalue weighted by molar-refractivity contribution is 0.0852. The summed E-state index contributed by atoms with van der Waals surface area (Å²) in [5.74, 6) is 0.193. The van der Waals surface area contributed by atoms with E-state index < -0.39 is 9.84 Å². The van der Waals surface area contributed by atoms with Crippen LogP contribution in [0.15, 0.2) is 0 Å². The van der Waals surface area contributed by atoms with Crippen LogP contribution in [0.1, 0.15) is 59.9 Å². The van der Waals surface area contributed by atoms with Crippen LogP contribution in [0.2, 0.25) is 0 Å². The first-order valence-corrected chi connectivity index (χ1v) is 11.1.